The van der Waals surface area contributed by atoms with Crippen molar-refractivity contribution in [1.29, 1.82) is 0 Å². The highest BCUT2D eigenvalue weighted by Crippen LogP contribution is 2.52. The van der Waals surface area contributed by atoms with Gasteiger partial charge in [-0.25, -0.2) is 8.78 Å². The molecule has 1 atom stereocenters. The van der Waals surface area contributed by atoms with Crippen LogP contribution in [0.15, 0.2) is 42.5 Å². The second-order valence-corrected chi connectivity index (χ2v) is 6.76. The maximum absolute atomic E-state index is 12.8. The largest absolute Gasteiger partial charge is 0.586 e. The van der Waals surface area contributed by atoms with Crippen LogP contribution < -0.4 is 9.47 Å². The predicted octanol–water partition coefficient (Wildman–Crippen LogP) is 4.25. The number of rotatable bonds is 3. The quantitative estimate of drug-likeness (QED) is 0.584. The summed E-state index contributed by atoms with van der Waals surface area (Å²) in [7, 11) is 0. The van der Waals surface area contributed by atoms with Crippen LogP contribution in [0.4, 0.5) is 17.6 Å². The molecule has 0 aromatic heterocycles. The standard InChI is InChI=1S/C11H7ClF2O3.C7H6F2O2/c12-9(15)10(3-4-10)6-1-2-7-8(5-6)17-11(13,14)16-7;8-7(9)4-2-1-3-5(7)6(10)11/h1-2,5H,3-4H2;1-5H,(H,10,11). The van der Waals surface area contributed by atoms with E-state index in [9.17, 15) is 27.2 Å². The van der Waals surface area contributed by atoms with E-state index in [1.807, 2.05) is 0 Å². The molecule has 5 nitrogen and oxygen atoms in total. The van der Waals surface area contributed by atoms with Gasteiger partial charge in [-0.05, 0) is 48.2 Å². The van der Waals surface area contributed by atoms with E-state index in [1.165, 1.54) is 18.2 Å². The topological polar surface area (TPSA) is 72.8 Å². The van der Waals surface area contributed by atoms with Gasteiger partial charge in [0.25, 0.3) is 5.92 Å². The van der Waals surface area contributed by atoms with E-state index >= 15 is 0 Å². The molecule has 2 aliphatic carbocycles. The number of ether oxygens (including phenoxy) is 2. The lowest BCUT2D eigenvalue weighted by atomic mass is 9.97. The van der Waals surface area contributed by atoms with Gasteiger partial charge in [-0.2, -0.15) is 0 Å². The van der Waals surface area contributed by atoms with Gasteiger partial charge in [0.15, 0.2) is 11.5 Å². The summed E-state index contributed by atoms with van der Waals surface area (Å²) in [5.41, 5.74) is -0.129. The van der Waals surface area contributed by atoms with Gasteiger partial charge in [0.1, 0.15) is 5.92 Å². The number of hydrogen-bond donors (Lipinski definition) is 1. The number of hydrogen-bond acceptors (Lipinski definition) is 4. The maximum Gasteiger partial charge on any atom is 0.586 e. The second kappa shape index (κ2) is 6.80. The maximum atomic E-state index is 12.8. The fourth-order valence-electron chi connectivity index (χ4n) is 2.81. The summed E-state index contributed by atoms with van der Waals surface area (Å²) in [5.74, 6) is -6.56. The number of carbonyl (C=O) groups is 2. The van der Waals surface area contributed by atoms with Crippen molar-refractivity contribution in [2.45, 2.75) is 30.5 Å². The lowest BCUT2D eigenvalue weighted by Gasteiger charge is -2.19. The molecule has 10 heteroatoms. The van der Waals surface area contributed by atoms with Crippen molar-refractivity contribution in [3.05, 3.63) is 48.1 Å². The number of benzene rings is 1. The summed E-state index contributed by atoms with van der Waals surface area (Å²) in [6.45, 7) is 0. The number of fused-ring (bicyclic) bond motifs is 1. The van der Waals surface area contributed by atoms with Gasteiger partial charge in [-0.3, -0.25) is 9.59 Å². The summed E-state index contributed by atoms with van der Waals surface area (Å²) in [4.78, 5) is 21.5. The Kier molecular flexibility index (Phi) is 4.91. The highest BCUT2D eigenvalue weighted by molar-refractivity contribution is 6.66. The van der Waals surface area contributed by atoms with Gasteiger partial charge >= 0.3 is 12.3 Å². The summed E-state index contributed by atoms with van der Waals surface area (Å²) in [6.07, 6.45) is 1.63. The Balaban J connectivity index is 0.000000178. The Hall–Kier alpha value is -2.55. The van der Waals surface area contributed by atoms with E-state index in [4.69, 9.17) is 16.7 Å². The third kappa shape index (κ3) is 3.84. The van der Waals surface area contributed by atoms with Crippen LogP contribution in [0.3, 0.4) is 0 Å². The molecule has 1 heterocycles. The SMILES string of the molecule is O=C(Cl)C1(c2ccc3c(c2)OC(F)(F)O3)CC1.O=C(O)C1C=CC=CC1(F)F. The van der Waals surface area contributed by atoms with Crippen LogP contribution in [0.2, 0.25) is 0 Å². The Morgan fingerprint density at radius 3 is 2.21 bits per heavy atom. The smallest absolute Gasteiger partial charge is 0.481 e. The van der Waals surface area contributed by atoms with Crippen LogP contribution in [-0.4, -0.2) is 28.5 Å². The molecule has 1 saturated carbocycles. The first-order valence-electron chi connectivity index (χ1n) is 8.04. The first-order chi connectivity index (χ1) is 13.0. The third-order valence-electron chi connectivity index (χ3n) is 4.49. The van der Waals surface area contributed by atoms with Gasteiger partial charge in [0.05, 0.1) is 5.41 Å². The molecule has 3 aliphatic rings. The third-order valence-corrected chi connectivity index (χ3v) is 4.86. The average molecular weight is 421 g/mol. The van der Waals surface area contributed by atoms with E-state index in [2.05, 4.69) is 9.47 Å². The molecule has 4 rings (SSSR count). The van der Waals surface area contributed by atoms with Crippen LogP contribution in [0.1, 0.15) is 18.4 Å². The molecule has 0 saturated heterocycles. The van der Waals surface area contributed by atoms with Crippen molar-refractivity contribution in [2.75, 3.05) is 0 Å². The van der Waals surface area contributed by atoms with Crippen molar-refractivity contribution in [1.82, 2.24) is 0 Å². The lowest BCUT2D eigenvalue weighted by molar-refractivity contribution is -0.286. The van der Waals surface area contributed by atoms with Crippen molar-refractivity contribution >= 4 is 22.8 Å². The zero-order valence-corrected chi connectivity index (χ0v) is 14.8. The van der Waals surface area contributed by atoms with Crippen molar-refractivity contribution < 1.29 is 41.7 Å². The molecular formula is C18H13ClF4O5. The van der Waals surface area contributed by atoms with Gasteiger partial charge in [0.2, 0.25) is 5.24 Å². The minimum atomic E-state index is -3.64. The molecule has 0 amide bonds. The highest BCUT2D eigenvalue weighted by atomic mass is 35.5. The van der Waals surface area contributed by atoms with E-state index in [-0.39, 0.29) is 11.5 Å². The van der Waals surface area contributed by atoms with Crippen LogP contribution in [0.5, 0.6) is 11.5 Å². The fraction of sp³-hybridized carbons (Fsp3) is 0.333. The minimum Gasteiger partial charge on any atom is -0.481 e. The average Bonchev–Trinajstić information content (AvgIpc) is 3.32. The molecule has 1 fully saturated rings. The Morgan fingerprint density at radius 1 is 1.07 bits per heavy atom. The van der Waals surface area contributed by atoms with Crippen molar-refractivity contribution in [3.8, 4) is 11.5 Å². The number of alkyl halides is 4. The monoisotopic (exact) mass is 420 g/mol. The Morgan fingerprint density at radius 2 is 1.71 bits per heavy atom. The molecule has 1 aromatic rings. The number of carboxylic acid groups (broad SMARTS) is 1. The molecule has 1 unspecified atom stereocenters. The zero-order valence-electron chi connectivity index (χ0n) is 14.0. The molecule has 0 radical (unpaired) electrons. The van der Waals surface area contributed by atoms with E-state index in [0.717, 1.165) is 12.2 Å². The molecule has 0 bridgehead atoms. The van der Waals surface area contributed by atoms with Crippen LogP contribution in [0, 0.1) is 5.92 Å². The normalized spacial score (nSPS) is 24.1. The molecule has 0 spiro atoms. The van der Waals surface area contributed by atoms with Gasteiger partial charge < -0.3 is 14.6 Å². The minimum absolute atomic E-state index is 0.0310. The zero-order chi connectivity index (χ0) is 20.7. The van der Waals surface area contributed by atoms with Crippen molar-refractivity contribution in [3.63, 3.8) is 0 Å². The second-order valence-electron chi connectivity index (χ2n) is 6.42. The summed E-state index contributed by atoms with van der Waals surface area (Å²) < 4.78 is 59.4. The van der Waals surface area contributed by atoms with Gasteiger partial charge in [-0.15, -0.1) is 8.78 Å². The molecule has 1 aliphatic heterocycles. The molecule has 1 aromatic carbocycles. The molecule has 1 N–H and O–H groups in total. The van der Waals surface area contributed by atoms with Crippen LogP contribution in [0.25, 0.3) is 0 Å². The van der Waals surface area contributed by atoms with E-state index in [0.29, 0.717) is 24.5 Å². The Labute approximate surface area is 161 Å². The fourth-order valence-corrected chi connectivity index (χ4v) is 3.11. The lowest BCUT2D eigenvalue weighted by Crippen LogP contribution is -2.32. The predicted molar refractivity (Wildman–Crippen MR) is 88.8 cm³/mol. The highest BCUT2D eigenvalue weighted by Gasteiger charge is 2.52. The van der Waals surface area contributed by atoms with Gasteiger partial charge in [0, 0.05) is 0 Å². The summed E-state index contributed by atoms with van der Waals surface area (Å²) >= 11 is 5.51. The first-order valence-corrected chi connectivity index (χ1v) is 8.42. The number of carboxylic acids is 1. The number of allylic oxidation sites excluding steroid dienone is 3. The molecule has 28 heavy (non-hydrogen) atoms. The Bertz CT molecular complexity index is 877. The van der Waals surface area contributed by atoms with Crippen LogP contribution >= 0.6 is 11.6 Å². The summed E-state index contributed by atoms with van der Waals surface area (Å²) in [6, 6.07) is 4.33. The van der Waals surface area contributed by atoms with Crippen LogP contribution in [-0.2, 0) is 15.0 Å². The van der Waals surface area contributed by atoms with Gasteiger partial charge in [-0.1, -0.05) is 24.3 Å². The molecular weight excluding hydrogens is 408 g/mol. The number of halogens is 5. The van der Waals surface area contributed by atoms with E-state index < -0.39 is 34.8 Å². The number of aliphatic carboxylic acids is 1. The number of carbonyl (C=O) groups excluding carboxylic acids is 1. The van der Waals surface area contributed by atoms with Crippen molar-refractivity contribution in [2.24, 2.45) is 5.92 Å². The molecule has 150 valence electrons. The first kappa shape index (κ1) is 20.2. The summed E-state index contributed by atoms with van der Waals surface area (Å²) in [5, 5.41) is 7.84. The van der Waals surface area contributed by atoms with E-state index in [1.54, 1.807) is 6.07 Å².